The third-order valence-electron chi connectivity index (χ3n) is 3.61. The third kappa shape index (κ3) is 3.98. The Hall–Kier alpha value is -2.07. The van der Waals surface area contributed by atoms with E-state index in [0.29, 0.717) is 18.2 Å². The van der Waals surface area contributed by atoms with Gasteiger partial charge in [-0.05, 0) is 61.7 Å². The van der Waals surface area contributed by atoms with Gasteiger partial charge >= 0.3 is 0 Å². The molecular weight excluding hydrogens is 294 g/mol. The monoisotopic (exact) mass is 315 g/mol. The molecule has 116 valence electrons. The Kier molecular flexibility index (Phi) is 5.39. The molecule has 3 nitrogen and oxygen atoms in total. The zero-order valence-electron chi connectivity index (χ0n) is 13.2. The highest BCUT2D eigenvalue weighted by molar-refractivity contribution is 7.80. The Morgan fingerprint density at radius 2 is 1.50 bits per heavy atom. The van der Waals surface area contributed by atoms with Crippen molar-refractivity contribution >= 4 is 17.2 Å². The lowest BCUT2D eigenvalue weighted by atomic mass is 10.1. The lowest BCUT2D eigenvalue weighted by molar-refractivity contribution is 0.215. The van der Waals surface area contributed by atoms with Crippen LogP contribution < -0.4 is 15.2 Å². The third-order valence-corrected chi connectivity index (χ3v) is 3.85. The average molecular weight is 315 g/mol. The summed E-state index contributed by atoms with van der Waals surface area (Å²) in [4.78, 5) is 0.389. The quantitative estimate of drug-likeness (QED) is 0.652. The van der Waals surface area contributed by atoms with Crippen LogP contribution in [0, 0.1) is 20.8 Å². The first-order valence-electron chi connectivity index (χ1n) is 7.21. The number of ether oxygens (including phenoxy) is 2. The molecule has 0 saturated heterocycles. The zero-order chi connectivity index (χ0) is 16.1. The molecule has 0 aromatic heterocycles. The second-order valence-electron chi connectivity index (χ2n) is 5.24. The maximum atomic E-state index is 5.87. The lowest BCUT2D eigenvalue weighted by Gasteiger charge is -2.14. The Labute approximate surface area is 137 Å². The molecule has 0 radical (unpaired) electrons. The van der Waals surface area contributed by atoms with E-state index in [1.807, 2.05) is 24.3 Å². The fourth-order valence-electron chi connectivity index (χ4n) is 2.17. The highest BCUT2D eigenvalue weighted by Crippen LogP contribution is 2.25. The summed E-state index contributed by atoms with van der Waals surface area (Å²) in [6.07, 6.45) is 0. The summed E-state index contributed by atoms with van der Waals surface area (Å²) in [7, 11) is 0. The van der Waals surface area contributed by atoms with Gasteiger partial charge in [0, 0.05) is 5.56 Å². The maximum Gasteiger partial charge on any atom is 0.125 e. The van der Waals surface area contributed by atoms with Gasteiger partial charge < -0.3 is 15.2 Å². The molecule has 0 unspecified atom stereocenters. The van der Waals surface area contributed by atoms with Crippen LogP contribution in [0.4, 0.5) is 0 Å². The van der Waals surface area contributed by atoms with Crippen molar-refractivity contribution in [1.82, 2.24) is 0 Å². The molecule has 22 heavy (non-hydrogen) atoms. The van der Waals surface area contributed by atoms with Crippen molar-refractivity contribution in [3.8, 4) is 11.5 Å². The van der Waals surface area contributed by atoms with Gasteiger partial charge in [-0.2, -0.15) is 0 Å². The van der Waals surface area contributed by atoms with E-state index in [2.05, 4.69) is 32.9 Å². The second-order valence-corrected chi connectivity index (χ2v) is 5.68. The summed E-state index contributed by atoms with van der Waals surface area (Å²) in [5.41, 5.74) is 9.95. The first-order chi connectivity index (χ1) is 10.5. The van der Waals surface area contributed by atoms with Crippen molar-refractivity contribution < 1.29 is 9.47 Å². The smallest absolute Gasteiger partial charge is 0.125 e. The fraction of sp³-hybridized carbons (Fsp3) is 0.278. The van der Waals surface area contributed by atoms with Gasteiger partial charge in [0.15, 0.2) is 0 Å². The van der Waals surface area contributed by atoms with Crippen LogP contribution in [0.25, 0.3) is 0 Å². The number of hydrogen-bond donors (Lipinski definition) is 1. The van der Waals surface area contributed by atoms with Gasteiger partial charge in [0.25, 0.3) is 0 Å². The summed E-state index contributed by atoms with van der Waals surface area (Å²) >= 11 is 4.92. The molecule has 0 spiro atoms. The highest BCUT2D eigenvalue weighted by Gasteiger charge is 2.06. The number of thiocarbonyl (C=S) groups is 1. The second kappa shape index (κ2) is 7.27. The lowest BCUT2D eigenvalue weighted by Crippen LogP contribution is -2.11. The predicted molar refractivity (Wildman–Crippen MR) is 94.0 cm³/mol. The molecule has 2 rings (SSSR count). The summed E-state index contributed by atoms with van der Waals surface area (Å²) in [6.45, 7) is 7.20. The molecule has 0 heterocycles. The first kappa shape index (κ1) is 16.3. The number of aryl methyl sites for hydroxylation is 2. The van der Waals surface area contributed by atoms with Gasteiger partial charge in [-0.1, -0.05) is 24.4 Å². The van der Waals surface area contributed by atoms with Gasteiger partial charge in [-0.25, -0.2) is 0 Å². The predicted octanol–water partition coefficient (Wildman–Crippen LogP) is 3.70. The SMILES string of the molecule is Cc1ccc(C)c(OCCOc2ccc(C(N)=S)cc2)c1C. The van der Waals surface area contributed by atoms with Crippen LogP contribution in [-0.2, 0) is 0 Å². The number of benzene rings is 2. The highest BCUT2D eigenvalue weighted by atomic mass is 32.1. The summed E-state index contributed by atoms with van der Waals surface area (Å²) in [5, 5.41) is 0. The van der Waals surface area contributed by atoms with Gasteiger partial charge in [-0.15, -0.1) is 0 Å². The van der Waals surface area contributed by atoms with Gasteiger partial charge in [0.1, 0.15) is 29.7 Å². The van der Waals surface area contributed by atoms with Crippen molar-refractivity contribution in [2.24, 2.45) is 5.73 Å². The Bertz CT molecular complexity index is 666. The number of rotatable bonds is 6. The molecule has 2 N–H and O–H groups in total. The van der Waals surface area contributed by atoms with E-state index in [-0.39, 0.29) is 0 Å². The summed E-state index contributed by atoms with van der Waals surface area (Å²) in [6, 6.07) is 11.6. The molecule has 0 amide bonds. The minimum absolute atomic E-state index is 0.389. The van der Waals surface area contributed by atoms with E-state index >= 15 is 0 Å². The first-order valence-corrected chi connectivity index (χ1v) is 7.62. The van der Waals surface area contributed by atoms with E-state index in [1.54, 1.807) is 0 Å². The van der Waals surface area contributed by atoms with Crippen molar-refractivity contribution in [3.05, 3.63) is 58.7 Å². The fourth-order valence-corrected chi connectivity index (χ4v) is 2.30. The molecule has 0 aliphatic rings. The summed E-state index contributed by atoms with van der Waals surface area (Å²) in [5.74, 6) is 1.73. The van der Waals surface area contributed by atoms with Crippen molar-refractivity contribution in [2.75, 3.05) is 13.2 Å². The van der Waals surface area contributed by atoms with Crippen molar-refractivity contribution in [2.45, 2.75) is 20.8 Å². The van der Waals surface area contributed by atoms with Gasteiger partial charge in [0.05, 0.1) is 0 Å². The van der Waals surface area contributed by atoms with E-state index in [9.17, 15) is 0 Å². The standard InChI is InChI=1S/C18H21NO2S/c1-12-4-5-13(2)17(14(12)3)21-11-10-20-16-8-6-15(7-9-16)18(19)22/h4-9H,10-11H2,1-3H3,(H2,19,22). The molecule has 4 heteroatoms. The van der Waals surface area contributed by atoms with Crippen LogP contribution in [-0.4, -0.2) is 18.2 Å². The van der Waals surface area contributed by atoms with Gasteiger partial charge in [0.2, 0.25) is 0 Å². The molecule has 0 aliphatic heterocycles. The Morgan fingerprint density at radius 1 is 0.909 bits per heavy atom. The minimum atomic E-state index is 0.389. The van der Waals surface area contributed by atoms with E-state index < -0.39 is 0 Å². The van der Waals surface area contributed by atoms with E-state index in [0.717, 1.165) is 22.6 Å². The molecule has 0 saturated carbocycles. The van der Waals surface area contributed by atoms with Crippen molar-refractivity contribution in [3.63, 3.8) is 0 Å². The normalized spacial score (nSPS) is 10.3. The summed E-state index contributed by atoms with van der Waals surface area (Å²) < 4.78 is 11.5. The van der Waals surface area contributed by atoms with Gasteiger partial charge in [-0.3, -0.25) is 0 Å². The zero-order valence-corrected chi connectivity index (χ0v) is 14.0. The Morgan fingerprint density at radius 3 is 2.14 bits per heavy atom. The number of nitrogens with two attached hydrogens (primary N) is 1. The van der Waals surface area contributed by atoms with Crippen LogP contribution in [0.2, 0.25) is 0 Å². The molecule has 2 aromatic carbocycles. The molecule has 2 aromatic rings. The number of hydrogen-bond acceptors (Lipinski definition) is 3. The topological polar surface area (TPSA) is 44.5 Å². The van der Waals surface area contributed by atoms with Crippen LogP contribution in [0.3, 0.4) is 0 Å². The van der Waals surface area contributed by atoms with Crippen LogP contribution >= 0.6 is 12.2 Å². The van der Waals surface area contributed by atoms with Crippen molar-refractivity contribution in [1.29, 1.82) is 0 Å². The van der Waals surface area contributed by atoms with E-state index in [4.69, 9.17) is 27.4 Å². The molecule has 0 bridgehead atoms. The molecule has 0 aliphatic carbocycles. The minimum Gasteiger partial charge on any atom is -0.490 e. The maximum absolute atomic E-state index is 5.87. The van der Waals surface area contributed by atoms with Crippen LogP contribution in [0.5, 0.6) is 11.5 Å². The molecular formula is C18H21NO2S. The molecule has 0 atom stereocenters. The van der Waals surface area contributed by atoms with Crippen LogP contribution in [0.1, 0.15) is 22.3 Å². The largest absolute Gasteiger partial charge is 0.490 e. The van der Waals surface area contributed by atoms with Crippen LogP contribution in [0.15, 0.2) is 36.4 Å². The Balaban J connectivity index is 1.87. The average Bonchev–Trinajstić information content (AvgIpc) is 2.51. The van der Waals surface area contributed by atoms with E-state index in [1.165, 1.54) is 11.1 Å². The molecule has 0 fully saturated rings.